The van der Waals surface area contributed by atoms with Crippen LogP contribution in [-0.2, 0) is 11.8 Å². The molecule has 1 saturated heterocycles. The first-order chi connectivity index (χ1) is 14.5. The van der Waals surface area contributed by atoms with Gasteiger partial charge in [-0.25, -0.2) is 4.68 Å². The molecule has 3 amide bonds. The minimum absolute atomic E-state index is 0.0435. The highest BCUT2D eigenvalue weighted by molar-refractivity contribution is 8.18. The molecule has 8 nitrogen and oxygen atoms in total. The van der Waals surface area contributed by atoms with Gasteiger partial charge in [0.15, 0.2) is 5.69 Å². The minimum Gasteiger partial charge on any atom is -0.349 e. The fraction of sp³-hybridized carbons (Fsp3) is 0.150. The normalized spacial score (nSPS) is 15.4. The summed E-state index contributed by atoms with van der Waals surface area (Å²) in [5.41, 5.74) is -0.183. The van der Waals surface area contributed by atoms with Crippen molar-refractivity contribution in [1.82, 2.24) is 20.0 Å². The molecule has 1 aliphatic rings. The number of hydrogen-bond donors (Lipinski definition) is 1. The maximum Gasteiger partial charge on any atom is 0.293 e. The van der Waals surface area contributed by atoms with Gasteiger partial charge in [0, 0.05) is 30.4 Å². The van der Waals surface area contributed by atoms with Gasteiger partial charge >= 0.3 is 0 Å². The maximum absolute atomic E-state index is 12.6. The smallest absolute Gasteiger partial charge is 0.293 e. The van der Waals surface area contributed by atoms with Gasteiger partial charge in [0.05, 0.1) is 10.3 Å². The number of nitrogens with zero attached hydrogens (tertiary/aromatic N) is 3. The largest absolute Gasteiger partial charge is 0.349 e. The molecular formula is C20H16N4O4S2. The van der Waals surface area contributed by atoms with E-state index in [9.17, 15) is 19.2 Å². The number of imide groups is 1. The molecule has 0 unspecified atom stereocenters. The van der Waals surface area contributed by atoms with Gasteiger partial charge in [-0.2, -0.15) is 5.10 Å². The summed E-state index contributed by atoms with van der Waals surface area (Å²) in [5, 5.41) is 9.10. The molecule has 2 aromatic heterocycles. The Morgan fingerprint density at radius 1 is 1.13 bits per heavy atom. The second-order valence-corrected chi connectivity index (χ2v) is 8.40. The predicted octanol–water partition coefficient (Wildman–Crippen LogP) is 2.46. The SMILES string of the molecule is Cn1nc(C(=O)NCCN2C(=O)SC(=Cc3cccs3)C2=O)c2ccccc2c1=O. The summed E-state index contributed by atoms with van der Waals surface area (Å²) in [5.74, 6) is -0.860. The lowest BCUT2D eigenvalue weighted by Gasteiger charge is -2.13. The summed E-state index contributed by atoms with van der Waals surface area (Å²) in [4.78, 5) is 51.9. The molecule has 1 N–H and O–H groups in total. The van der Waals surface area contributed by atoms with Gasteiger partial charge in [-0.15, -0.1) is 11.3 Å². The number of aryl methyl sites for hydroxylation is 1. The first kappa shape index (κ1) is 20.0. The Hall–Kier alpha value is -3.24. The zero-order valence-electron chi connectivity index (χ0n) is 15.8. The Morgan fingerprint density at radius 3 is 2.63 bits per heavy atom. The highest BCUT2D eigenvalue weighted by Gasteiger charge is 2.34. The number of carbonyl (C=O) groups excluding carboxylic acids is 3. The van der Waals surface area contributed by atoms with Crippen LogP contribution in [0.25, 0.3) is 16.8 Å². The predicted molar refractivity (Wildman–Crippen MR) is 116 cm³/mol. The molecule has 4 rings (SSSR count). The average molecular weight is 441 g/mol. The number of fused-ring (bicyclic) bond motifs is 1. The van der Waals surface area contributed by atoms with E-state index in [1.807, 2.05) is 17.5 Å². The third-order valence-electron chi connectivity index (χ3n) is 4.48. The Kier molecular flexibility index (Phi) is 5.51. The molecule has 3 aromatic rings. The first-order valence-electron chi connectivity index (χ1n) is 8.99. The van der Waals surface area contributed by atoms with E-state index < -0.39 is 5.91 Å². The summed E-state index contributed by atoms with van der Waals surface area (Å²) >= 11 is 2.36. The van der Waals surface area contributed by atoms with E-state index in [0.717, 1.165) is 26.2 Å². The quantitative estimate of drug-likeness (QED) is 0.612. The number of hydrogen-bond acceptors (Lipinski definition) is 7. The van der Waals surface area contributed by atoms with E-state index in [1.54, 1.807) is 30.3 Å². The number of aromatic nitrogens is 2. The van der Waals surface area contributed by atoms with Crippen molar-refractivity contribution in [3.05, 3.63) is 67.6 Å². The number of benzene rings is 1. The lowest BCUT2D eigenvalue weighted by atomic mass is 10.1. The Labute approximate surface area is 179 Å². The van der Waals surface area contributed by atoms with Gasteiger partial charge in [-0.3, -0.25) is 24.1 Å². The number of thiophene rings is 1. The third kappa shape index (κ3) is 3.79. The summed E-state index contributed by atoms with van der Waals surface area (Å²) in [7, 11) is 1.48. The summed E-state index contributed by atoms with van der Waals surface area (Å²) < 4.78 is 1.11. The zero-order chi connectivity index (χ0) is 21.3. The zero-order valence-corrected chi connectivity index (χ0v) is 17.5. The van der Waals surface area contributed by atoms with Crippen molar-refractivity contribution in [1.29, 1.82) is 0 Å². The molecule has 0 spiro atoms. The molecule has 152 valence electrons. The molecule has 1 fully saturated rings. The van der Waals surface area contributed by atoms with Crippen LogP contribution in [0.15, 0.2) is 51.5 Å². The molecule has 0 aliphatic carbocycles. The fourth-order valence-corrected chi connectivity index (χ4v) is 4.62. The van der Waals surface area contributed by atoms with E-state index in [0.29, 0.717) is 15.7 Å². The van der Waals surface area contributed by atoms with Crippen molar-refractivity contribution < 1.29 is 14.4 Å². The molecule has 0 atom stereocenters. The van der Waals surface area contributed by atoms with Gasteiger partial charge in [0.25, 0.3) is 22.6 Å². The number of carbonyl (C=O) groups is 3. The molecule has 0 saturated carbocycles. The van der Waals surface area contributed by atoms with E-state index in [2.05, 4.69) is 10.4 Å². The number of thioether (sulfide) groups is 1. The van der Waals surface area contributed by atoms with Gasteiger partial charge in [0.1, 0.15) is 0 Å². The Balaban J connectivity index is 1.45. The van der Waals surface area contributed by atoms with E-state index >= 15 is 0 Å². The molecule has 0 radical (unpaired) electrons. The molecule has 10 heteroatoms. The van der Waals surface area contributed by atoms with Crippen LogP contribution in [0.4, 0.5) is 4.79 Å². The average Bonchev–Trinajstić information content (AvgIpc) is 3.34. The monoisotopic (exact) mass is 440 g/mol. The van der Waals surface area contributed by atoms with E-state index in [1.165, 1.54) is 18.4 Å². The topological polar surface area (TPSA) is 101 Å². The first-order valence-corrected chi connectivity index (χ1v) is 10.7. The van der Waals surface area contributed by atoms with Crippen LogP contribution in [0.5, 0.6) is 0 Å². The lowest BCUT2D eigenvalue weighted by Crippen LogP contribution is -2.38. The molecule has 1 aromatic carbocycles. The highest BCUT2D eigenvalue weighted by Crippen LogP contribution is 2.32. The molecule has 3 heterocycles. The highest BCUT2D eigenvalue weighted by atomic mass is 32.2. The fourth-order valence-electron chi connectivity index (χ4n) is 3.03. The summed E-state index contributed by atoms with van der Waals surface area (Å²) in [6, 6.07) is 10.5. The van der Waals surface area contributed by atoms with Crippen molar-refractivity contribution in [2.45, 2.75) is 0 Å². The van der Waals surface area contributed by atoms with Crippen LogP contribution < -0.4 is 10.9 Å². The van der Waals surface area contributed by atoms with E-state index in [-0.39, 0.29) is 35.5 Å². The van der Waals surface area contributed by atoms with Crippen LogP contribution in [0.2, 0.25) is 0 Å². The summed E-state index contributed by atoms with van der Waals surface area (Å²) in [6.07, 6.45) is 1.69. The molecule has 30 heavy (non-hydrogen) atoms. The summed E-state index contributed by atoms with van der Waals surface area (Å²) in [6.45, 7) is 0.115. The Morgan fingerprint density at radius 2 is 1.90 bits per heavy atom. The number of nitrogens with one attached hydrogen (secondary N) is 1. The van der Waals surface area contributed by atoms with Crippen LogP contribution >= 0.6 is 23.1 Å². The second kappa shape index (κ2) is 8.25. The maximum atomic E-state index is 12.6. The van der Waals surface area contributed by atoms with Gasteiger partial charge in [-0.1, -0.05) is 24.3 Å². The van der Waals surface area contributed by atoms with Crippen LogP contribution in [0.3, 0.4) is 0 Å². The van der Waals surface area contributed by atoms with Gasteiger partial charge in [0.2, 0.25) is 0 Å². The van der Waals surface area contributed by atoms with Gasteiger partial charge in [-0.05, 0) is 35.4 Å². The van der Waals surface area contributed by atoms with Crippen molar-refractivity contribution in [3.8, 4) is 0 Å². The number of amides is 3. The van der Waals surface area contributed by atoms with Crippen molar-refractivity contribution >= 4 is 57.0 Å². The number of rotatable bonds is 5. The van der Waals surface area contributed by atoms with Crippen molar-refractivity contribution in [2.24, 2.45) is 7.05 Å². The molecule has 1 aliphatic heterocycles. The standard InChI is InChI=1S/C20H16N4O4S2/c1-23-18(26)14-7-3-2-6-13(14)16(22-23)17(25)21-8-9-24-19(27)15(30-20(24)28)11-12-5-4-10-29-12/h2-7,10-11H,8-9H2,1H3,(H,21,25). The van der Waals surface area contributed by atoms with Gasteiger partial charge < -0.3 is 5.32 Å². The van der Waals surface area contributed by atoms with Crippen molar-refractivity contribution in [3.63, 3.8) is 0 Å². The lowest BCUT2D eigenvalue weighted by molar-refractivity contribution is -0.122. The van der Waals surface area contributed by atoms with Crippen molar-refractivity contribution in [2.75, 3.05) is 13.1 Å². The van der Waals surface area contributed by atoms with Crippen LogP contribution in [-0.4, -0.2) is 44.8 Å². The van der Waals surface area contributed by atoms with Crippen LogP contribution in [0, 0.1) is 0 Å². The molecule has 0 bridgehead atoms. The minimum atomic E-state index is -0.483. The second-order valence-electron chi connectivity index (χ2n) is 6.43. The van der Waals surface area contributed by atoms with Crippen LogP contribution in [0.1, 0.15) is 15.4 Å². The van der Waals surface area contributed by atoms with E-state index in [4.69, 9.17) is 0 Å². The molecular weight excluding hydrogens is 424 g/mol. The third-order valence-corrected chi connectivity index (χ3v) is 6.21. The Bertz CT molecular complexity index is 1250.